The Kier molecular flexibility index (Phi) is 5.24. The Morgan fingerprint density at radius 2 is 2.33 bits per heavy atom. The number of thiophene rings is 1. The van der Waals surface area contributed by atoms with E-state index in [1.54, 1.807) is 0 Å². The van der Waals surface area contributed by atoms with Gasteiger partial charge in [-0.15, -0.1) is 11.3 Å². The zero-order valence-corrected chi connectivity index (χ0v) is 13.6. The van der Waals surface area contributed by atoms with Crippen LogP contribution in [-0.4, -0.2) is 24.0 Å². The third-order valence-corrected chi connectivity index (χ3v) is 6.07. The van der Waals surface area contributed by atoms with Crippen LogP contribution in [0, 0.1) is 5.92 Å². The van der Waals surface area contributed by atoms with Gasteiger partial charge in [0, 0.05) is 26.8 Å². The summed E-state index contributed by atoms with van der Waals surface area (Å²) in [5, 5.41) is 2.18. The Hall–Kier alpha value is 0.1000. The van der Waals surface area contributed by atoms with Crippen molar-refractivity contribution in [2.75, 3.05) is 13.1 Å². The summed E-state index contributed by atoms with van der Waals surface area (Å²) in [6.45, 7) is 6.54. The van der Waals surface area contributed by atoms with E-state index in [4.69, 9.17) is 5.73 Å². The van der Waals surface area contributed by atoms with Crippen molar-refractivity contribution in [3.8, 4) is 0 Å². The molecule has 1 aromatic heterocycles. The number of hydrogen-bond acceptors (Lipinski definition) is 3. The monoisotopic (exact) mass is 330 g/mol. The average Bonchev–Trinajstić information content (AvgIpc) is 2.98. The highest BCUT2D eigenvalue weighted by Gasteiger charge is 2.33. The number of nitrogens with zero attached hydrogens (tertiary/aromatic N) is 1. The predicted molar refractivity (Wildman–Crippen MR) is 83.0 cm³/mol. The lowest BCUT2D eigenvalue weighted by Gasteiger charge is -2.36. The molecular weight excluding hydrogens is 308 g/mol. The van der Waals surface area contributed by atoms with Crippen LogP contribution in [0.3, 0.4) is 0 Å². The van der Waals surface area contributed by atoms with Gasteiger partial charge in [-0.3, -0.25) is 4.90 Å². The lowest BCUT2D eigenvalue weighted by Crippen LogP contribution is -2.41. The molecule has 0 amide bonds. The topological polar surface area (TPSA) is 29.3 Å². The van der Waals surface area contributed by atoms with Crippen LogP contribution in [0.15, 0.2) is 15.9 Å². The Morgan fingerprint density at radius 3 is 2.89 bits per heavy atom. The zero-order chi connectivity index (χ0) is 13.1. The molecule has 1 aliphatic rings. The maximum absolute atomic E-state index is 5.93. The molecule has 2 nitrogen and oxygen atoms in total. The number of rotatable bonds is 5. The average molecular weight is 331 g/mol. The molecule has 0 saturated heterocycles. The Morgan fingerprint density at radius 1 is 1.56 bits per heavy atom. The minimum atomic E-state index is 0.503. The van der Waals surface area contributed by atoms with E-state index in [1.165, 1.54) is 28.6 Å². The van der Waals surface area contributed by atoms with Gasteiger partial charge >= 0.3 is 0 Å². The zero-order valence-electron chi connectivity index (χ0n) is 11.2. The highest BCUT2D eigenvalue weighted by Crippen LogP contribution is 2.36. The minimum absolute atomic E-state index is 0.503. The molecule has 1 aliphatic carbocycles. The molecule has 3 atom stereocenters. The summed E-state index contributed by atoms with van der Waals surface area (Å²) in [6, 6.07) is 3.43. The maximum Gasteiger partial charge on any atom is 0.0416 e. The van der Waals surface area contributed by atoms with E-state index in [0.717, 1.165) is 13.1 Å². The van der Waals surface area contributed by atoms with Gasteiger partial charge in [-0.25, -0.2) is 0 Å². The van der Waals surface area contributed by atoms with Crippen molar-refractivity contribution in [3.05, 3.63) is 20.8 Å². The first kappa shape index (κ1) is 14.5. The summed E-state index contributed by atoms with van der Waals surface area (Å²) in [5.74, 6) is 0.691. The van der Waals surface area contributed by atoms with E-state index >= 15 is 0 Å². The van der Waals surface area contributed by atoms with Crippen molar-refractivity contribution in [1.29, 1.82) is 0 Å². The molecular formula is C14H23BrN2S. The van der Waals surface area contributed by atoms with E-state index in [0.29, 0.717) is 18.0 Å². The number of halogens is 1. The smallest absolute Gasteiger partial charge is 0.0416 e. The fourth-order valence-electron chi connectivity index (χ4n) is 3.24. The van der Waals surface area contributed by atoms with Gasteiger partial charge in [-0.05, 0) is 60.8 Å². The van der Waals surface area contributed by atoms with Crippen LogP contribution in [0.25, 0.3) is 0 Å². The molecule has 0 radical (unpaired) electrons. The van der Waals surface area contributed by atoms with E-state index < -0.39 is 0 Å². The largest absolute Gasteiger partial charge is 0.330 e. The highest BCUT2D eigenvalue weighted by atomic mass is 79.9. The second kappa shape index (κ2) is 6.51. The van der Waals surface area contributed by atoms with Gasteiger partial charge in [0.15, 0.2) is 0 Å². The van der Waals surface area contributed by atoms with Crippen LogP contribution in [0.1, 0.15) is 44.0 Å². The van der Waals surface area contributed by atoms with Gasteiger partial charge in [0.2, 0.25) is 0 Å². The van der Waals surface area contributed by atoms with Gasteiger partial charge in [-0.2, -0.15) is 0 Å². The predicted octanol–water partition coefficient (Wildman–Crippen LogP) is 4.02. The Labute approximate surface area is 123 Å². The molecule has 2 N–H and O–H groups in total. The molecule has 0 aliphatic heterocycles. The lowest BCUT2D eigenvalue weighted by molar-refractivity contribution is 0.125. The van der Waals surface area contributed by atoms with Gasteiger partial charge in [-0.1, -0.05) is 13.3 Å². The van der Waals surface area contributed by atoms with Crippen LogP contribution < -0.4 is 5.73 Å². The van der Waals surface area contributed by atoms with Crippen LogP contribution in [0.4, 0.5) is 0 Å². The second-order valence-electron chi connectivity index (χ2n) is 5.17. The quantitative estimate of drug-likeness (QED) is 0.883. The fraction of sp³-hybridized carbons (Fsp3) is 0.714. The summed E-state index contributed by atoms with van der Waals surface area (Å²) >= 11 is 5.40. The molecule has 1 aromatic rings. The van der Waals surface area contributed by atoms with Crippen molar-refractivity contribution < 1.29 is 0 Å². The summed E-state index contributed by atoms with van der Waals surface area (Å²) in [4.78, 5) is 4.09. The van der Waals surface area contributed by atoms with Crippen molar-refractivity contribution in [2.45, 2.75) is 45.2 Å². The van der Waals surface area contributed by atoms with Crippen molar-refractivity contribution in [2.24, 2.45) is 11.7 Å². The van der Waals surface area contributed by atoms with Gasteiger partial charge in [0.25, 0.3) is 0 Å². The second-order valence-corrected chi connectivity index (χ2v) is 7.03. The highest BCUT2D eigenvalue weighted by molar-refractivity contribution is 9.10. The molecule has 1 heterocycles. The third-order valence-electron chi connectivity index (χ3n) is 4.21. The molecule has 3 unspecified atom stereocenters. The van der Waals surface area contributed by atoms with Crippen LogP contribution >= 0.6 is 27.3 Å². The van der Waals surface area contributed by atoms with Crippen molar-refractivity contribution in [3.63, 3.8) is 0 Å². The normalized spacial score (nSPS) is 25.8. The van der Waals surface area contributed by atoms with Crippen LogP contribution in [0.5, 0.6) is 0 Å². The van der Waals surface area contributed by atoms with E-state index in [2.05, 4.69) is 46.1 Å². The van der Waals surface area contributed by atoms with Gasteiger partial charge < -0.3 is 5.73 Å². The molecule has 2 rings (SSSR count). The SMILES string of the molecule is CCN(C(C)c1cc(Br)cs1)C1CCCC1CN. The van der Waals surface area contributed by atoms with Crippen molar-refractivity contribution >= 4 is 27.3 Å². The maximum atomic E-state index is 5.93. The van der Waals surface area contributed by atoms with Crippen LogP contribution in [-0.2, 0) is 0 Å². The van der Waals surface area contributed by atoms with Crippen molar-refractivity contribution in [1.82, 2.24) is 4.90 Å². The van der Waals surface area contributed by atoms with Crippen LogP contribution in [0.2, 0.25) is 0 Å². The summed E-state index contributed by atoms with van der Waals surface area (Å²) in [7, 11) is 0. The lowest BCUT2D eigenvalue weighted by atomic mass is 10.0. The molecule has 1 saturated carbocycles. The minimum Gasteiger partial charge on any atom is -0.330 e. The molecule has 0 spiro atoms. The molecule has 4 heteroatoms. The molecule has 0 aromatic carbocycles. The summed E-state index contributed by atoms with van der Waals surface area (Å²) in [6.07, 6.45) is 3.95. The number of hydrogen-bond donors (Lipinski definition) is 1. The molecule has 1 fully saturated rings. The Balaban J connectivity index is 2.12. The first-order valence-corrected chi connectivity index (χ1v) is 8.54. The molecule has 0 bridgehead atoms. The van der Waals surface area contributed by atoms with Gasteiger partial charge in [0.1, 0.15) is 0 Å². The standard InChI is InChI=1S/C14H23BrN2S/c1-3-17(13-6-4-5-11(13)8-16)10(2)14-7-12(15)9-18-14/h7,9-11,13H,3-6,8,16H2,1-2H3. The molecule has 102 valence electrons. The fourth-order valence-corrected chi connectivity index (χ4v) is 4.76. The van der Waals surface area contributed by atoms with E-state index in [-0.39, 0.29) is 0 Å². The summed E-state index contributed by atoms with van der Waals surface area (Å²) in [5.41, 5.74) is 5.93. The van der Waals surface area contributed by atoms with E-state index in [9.17, 15) is 0 Å². The summed E-state index contributed by atoms with van der Waals surface area (Å²) < 4.78 is 1.20. The van der Waals surface area contributed by atoms with E-state index in [1.807, 2.05) is 11.3 Å². The molecule has 18 heavy (non-hydrogen) atoms. The van der Waals surface area contributed by atoms with Gasteiger partial charge in [0.05, 0.1) is 0 Å². The number of nitrogens with two attached hydrogens (primary N) is 1. The first-order chi connectivity index (χ1) is 8.67. The first-order valence-electron chi connectivity index (χ1n) is 6.87. The third kappa shape index (κ3) is 2.98. The Bertz CT molecular complexity index is 380.